The summed E-state index contributed by atoms with van der Waals surface area (Å²) in [6, 6.07) is 8.47. The van der Waals surface area contributed by atoms with Crippen molar-refractivity contribution in [1.82, 2.24) is 9.97 Å². The van der Waals surface area contributed by atoms with Crippen molar-refractivity contribution in [1.29, 1.82) is 0 Å². The molecule has 198 valence electrons. The molecule has 4 rings (SSSR count). The summed E-state index contributed by atoms with van der Waals surface area (Å²) in [5.41, 5.74) is 5.40. The molecule has 0 saturated carbocycles. The quantitative estimate of drug-likeness (QED) is 0.339. The van der Waals surface area contributed by atoms with Gasteiger partial charge in [-0.3, -0.25) is 9.97 Å². The van der Waals surface area contributed by atoms with Gasteiger partial charge in [0.1, 0.15) is 0 Å². The molecule has 0 amide bonds. The zero-order valence-electron chi connectivity index (χ0n) is 23.6. The van der Waals surface area contributed by atoms with E-state index in [9.17, 15) is 4.79 Å². The molecule has 6 nitrogen and oxygen atoms in total. The molecule has 3 heterocycles. The monoisotopic (exact) mass is 503 g/mol. The smallest absolute Gasteiger partial charge is 0.340 e. The highest BCUT2D eigenvalue weighted by molar-refractivity contribution is 5.93. The Morgan fingerprint density at radius 1 is 1.08 bits per heavy atom. The van der Waals surface area contributed by atoms with E-state index in [0.29, 0.717) is 6.61 Å². The van der Waals surface area contributed by atoms with Gasteiger partial charge in [0.25, 0.3) is 0 Å². The molecule has 1 aliphatic heterocycles. The first-order valence-corrected chi connectivity index (χ1v) is 13.3. The zero-order valence-corrected chi connectivity index (χ0v) is 23.6. The predicted octanol–water partition coefficient (Wildman–Crippen LogP) is 6.96. The van der Waals surface area contributed by atoms with Gasteiger partial charge in [0.15, 0.2) is 6.10 Å². The zero-order chi connectivity index (χ0) is 27.0. The standard InChI is InChI=1S/C31H41N3O3/c1-9-36-29(35)28(37-30(4,5)6)26-21(3)33-20(2)25(27(26)34-16-13-31(7,8)14-17-34)23-11-10-22-12-15-32-19-24(22)18-23/h10-12,15,18-19,28H,9,13-14,16-17H2,1-8H3/t28-/m0/s1. The van der Waals surface area contributed by atoms with Gasteiger partial charge in [0.2, 0.25) is 0 Å². The Kier molecular flexibility index (Phi) is 7.61. The molecule has 37 heavy (non-hydrogen) atoms. The number of carbonyl (C=O) groups excluding carboxylic acids is 1. The average molecular weight is 504 g/mol. The summed E-state index contributed by atoms with van der Waals surface area (Å²) in [5, 5.41) is 2.21. The number of hydrogen-bond acceptors (Lipinski definition) is 6. The van der Waals surface area contributed by atoms with Gasteiger partial charge in [0, 0.05) is 53.4 Å². The van der Waals surface area contributed by atoms with Crippen LogP contribution in [0.15, 0.2) is 36.7 Å². The van der Waals surface area contributed by atoms with Crippen molar-refractivity contribution in [3.63, 3.8) is 0 Å². The molecule has 0 aliphatic carbocycles. The lowest BCUT2D eigenvalue weighted by Gasteiger charge is -2.41. The van der Waals surface area contributed by atoms with Crippen molar-refractivity contribution >= 4 is 22.4 Å². The molecule has 6 heteroatoms. The maximum absolute atomic E-state index is 13.4. The number of pyridine rings is 2. The number of hydrogen-bond donors (Lipinski definition) is 0. The molecule has 1 aromatic carbocycles. The van der Waals surface area contributed by atoms with Gasteiger partial charge >= 0.3 is 5.97 Å². The fraction of sp³-hybridized carbons (Fsp3) is 0.516. The molecule has 0 spiro atoms. The lowest BCUT2D eigenvalue weighted by Crippen LogP contribution is -2.39. The molecular formula is C31H41N3O3. The van der Waals surface area contributed by atoms with Crippen molar-refractivity contribution in [2.45, 2.75) is 79.9 Å². The number of aromatic nitrogens is 2. The minimum Gasteiger partial charge on any atom is -0.464 e. The van der Waals surface area contributed by atoms with Crippen LogP contribution in [-0.2, 0) is 14.3 Å². The molecule has 1 fully saturated rings. The molecule has 2 aromatic heterocycles. The van der Waals surface area contributed by atoms with Crippen LogP contribution in [0.1, 0.15) is 77.4 Å². The highest BCUT2D eigenvalue weighted by Crippen LogP contribution is 2.45. The first-order chi connectivity index (χ1) is 17.4. The van der Waals surface area contributed by atoms with Gasteiger partial charge < -0.3 is 14.4 Å². The lowest BCUT2D eigenvalue weighted by atomic mass is 9.81. The van der Waals surface area contributed by atoms with Gasteiger partial charge in [-0.05, 0) is 82.9 Å². The van der Waals surface area contributed by atoms with E-state index in [1.807, 2.05) is 53.1 Å². The Labute approximate surface area is 221 Å². The number of anilines is 1. The third-order valence-corrected chi connectivity index (χ3v) is 7.18. The summed E-state index contributed by atoms with van der Waals surface area (Å²) < 4.78 is 12.0. The van der Waals surface area contributed by atoms with E-state index >= 15 is 0 Å². The van der Waals surface area contributed by atoms with Crippen LogP contribution in [0.25, 0.3) is 21.9 Å². The first-order valence-electron chi connectivity index (χ1n) is 13.3. The van der Waals surface area contributed by atoms with Crippen molar-refractivity contribution in [3.8, 4) is 11.1 Å². The minimum atomic E-state index is -0.876. The van der Waals surface area contributed by atoms with Crippen molar-refractivity contribution in [3.05, 3.63) is 53.6 Å². The number of rotatable bonds is 6. The summed E-state index contributed by atoms with van der Waals surface area (Å²) in [5.74, 6) is -0.376. The van der Waals surface area contributed by atoms with E-state index in [-0.39, 0.29) is 11.4 Å². The topological polar surface area (TPSA) is 64.5 Å². The van der Waals surface area contributed by atoms with E-state index in [2.05, 4.69) is 48.9 Å². The normalized spacial score (nSPS) is 16.6. The van der Waals surface area contributed by atoms with Crippen LogP contribution in [0.3, 0.4) is 0 Å². The Bertz CT molecular complexity index is 1280. The summed E-state index contributed by atoms with van der Waals surface area (Å²) in [6.07, 6.45) is 4.96. The maximum Gasteiger partial charge on any atom is 0.340 e. The Morgan fingerprint density at radius 2 is 1.78 bits per heavy atom. The van der Waals surface area contributed by atoms with E-state index in [0.717, 1.165) is 70.5 Å². The second-order valence-corrected chi connectivity index (χ2v) is 11.9. The van der Waals surface area contributed by atoms with Crippen LogP contribution in [-0.4, -0.2) is 41.2 Å². The van der Waals surface area contributed by atoms with Crippen molar-refractivity contribution in [2.24, 2.45) is 5.41 Å². The average Bonchev–Trinajstić information content (AvgIpc) is 2.82. The molecule has 0 radical (unpaired) electrons. The number of fused-ring (bicyclic) bond motifs is 1. The number of benzene rings is 1. The number of carbonyl (C=O) groups is 1. The van der Waals surface area contributed by atoms with Crippen molar-refractivity contribution < 1.29 is 14.3 Å². The molecule has 0 N–H and O–H groups in total. The molecular weight excluding hydrogens is 462 g/mol. The van der Waals surface area contributed by atoms with E-state index in [4.69, 9.17) is 14.5 Å². The summed E-state index contributed by atoms with van der Waals surface area (Å²) >= 11 is 0. The highest BCUT2D eigenvalue weighted by atomic mass is 16.6. The number of nitrogens with zero attached hydrogens (tertiary/aromatic N) is 3. The number of ether oxygens (including phenoxy) is 2. The van der Waals surface area contributed by atoms with Gasteiger partial charge in [0.05, 0.1) is 17.9 Å². The molecule has 0 unspecified atom stereocenters. The largest absolute Gasteiger partial charge is 0.464 e. The number of esters is 1. The van der Waals surface area contributed by atoms with Gasteiger partial charge in [-0.15, -0.1) is 0 Å². The van der Waals surface area contributed by atoms with Gasteiger partial charge in [-0.1, -0.05) is 26.0 Å². The lowest BCUT2D eigenvalue weighted by molar-refractivity contribution is -0.166. The third kappa shape index (κ3) is 5.96. The molecule has 1 atom stereocenters. The Hall–Kier alpha value is -2.99. The Morgan fingerprint density at radius 3 is 2.43 bits per heavy atom. The van der Waals surface area contributed by atoms with Crippen LogP contribution in [0.5, 0.6) is 0 Å². The molecule has 3 aromatic rings. The third-order valence-electron chi connectivity index (χ3n) is 7.18. The van der Waals surface area contributed by atoms with Crippen LogP contribution in [0.4, 0.5) is 5.69 Å². The van der Waals surface area contributed by atoms with Crippen LogP contribution in [0.2, 0.25) is 0 Å². The predicted molar refractivity (Wildman–Crippen MR) is 150 cm³/mol. The molecule has 0 bridgehead atoms. The second kappa shape index (κ2) is 10.4. The second-order valence-electron chi connectivity index (χ2n) is 11.9. The van der Waals surface area contributed by atoms with Crippen LogP contribution < -0.4 is 4.90 Å². The fourth-order valence-electron chi connectivity index (χ4n) is 5.21. The summed E-state index contributed by atoms with van der Waals surface area (Å²) in [6.45, 7) is 18.5. The van der Waals surface area contributed by atoms with Crippen molar-refractivity contribution in [2.75, 3.05) is 24.6 Å². The molecule has 1 saturated heterocycles. The highest BCUT2D eigenvalue weighted by Gasteiger charge is 2.37. The van der Waals surface area contributed by atoms with Crippen LogP contribution >= 0.6 is 0 Å². The van der Waals surface area contributed by atoms with E-state index in [1.165, 1.54) is 0 Å². The number of piperidine rings is 1. The van der Waals surface area contributed by atoms with Gasteiger partial charge in [-0.25, -0.2) is 4.79 Å². The van der Waals surface area contributed by atoms with Gasteiger partial charge in [-0.2, -0.15) is 0 Å². The fourth-order valence-corrected chi connectivity index (χ4v) is 5.21. The maximum atomic E-state index is 13.4. The van der Waals surface area contributed by atoms with Crippen LogP contribution in [0, 0.1) is 19.3 Å². The molecule has 1 aliphatic rings. The van der Waals surface area contributed by atoms with E-state index < -0.39 is 11.7 Å². The Balaban J connectivity index is 1.99. The van der Waals surface area contributed by atoms with E-state index in [1.54, 1.807) is 0 Å². The summed E-state index contributed by atoms with van der Waals surface area (Å²) in [4.78, 5) is 25.2. The number of aryl methyl sites for hydroxylation is 2. The first kappa shape index (κ1) is 27.1. The summed E-state index contributed by atoms with van der Waals surface area (Å²) in [7, 11) is 0. The SMILES string of the molecule is CCOC(=O)[C@@H](OC(C)(C)C)c1c(C)nc(C)c(-c2ccc3ccncc3c2)c1N1CCC(C)(C)CC1. The minimum absolute atomic E-state index is 0.283.